The first-order chi connectivity index (χ1) is 17.4. The first kappa shape index (κ1) is 25.1. The van der Waals surface area contributed by atoms with Crippen LogP contribution in [-0.2, 0) is 4.79 Å². The molecule has 4 rings (SSSR count). The van der Waals surface area contributed by atoms with E-state index in [0.29, 0.717) is 18.5 Å². The molecule has 186 valence electrons. The largest absolute Gasteiger partial charge is 0.309 e. The van der Waals surface area contributed by atoms with Gasteiger partial charge in [-0.1, -0.05) is 62.2 Å². The zero-order valence-electron chi connectivity index (χ0n) is 20.7. The van der Waals surface area contributed by atoms with E-state index in [1.54, 1.807) is 11.0 Å². The number of amides is 2. The Labute approximate surface area is 211 Å². The van der Waals surface area contributed by atoms with Crippen molar-refractivity contribution < 1.29 is 14.5 Å². The number of hydrogen-bond donors (Lipinski definition) is 0. The fourth-order valence-electron chi connectivity index (χ4n) is 4.97. The highest BCUT2D eigenvalue weighted by Crippen LogP contribution is 2.43. The van der Waals surface area contributed by atoms with Gasteiger partial charge < -0.3 is 9.80 Å². The van der Waals surface area contributed by atoms with Crippen LogP contribution in [0.4, 0.5) is 17.1 Å². The second-order valence-corrected chi connectivity index (χ2v) is 9.20. The topological polar surface area (TPSA) is 83.8 Å². The van der Waals surface area contributed by atoms with E-state index in [1.807, 2.05) is 66.4 Å². The molecule has 1 aliphatic rings. The fraction of sp³-hybridized carbons (Fsp3) is 0.310. The molecule has 0 aromatic heterocycles. The van der Waals surface area contributed by atoms with Gasteiger partial charge in [-0.15, -0.1) is 0 Å². The summed E-state index contributed by atoms with van der Waals surface area (Å²) >= 11 is 0. The molecule has 0 spiro atoms. The normalized spacial score (nSPS) is 16.8. The number of benzene rings is 3. The first-order valence-electron chi connectivity index (χ1n) is 12.5. The molecule has 0 saturated carbocycles. The summed E-state index contributed by atoms with van der Waals surface area (Å²) in [6, 6.07) is 22.5. The lowest BCUT2D eigenvalue weighted by atomic mass is 9.89. The third-order valence-corrected chi connectivity index (χ3v) is 6.69. The lowest BCUT2D eigenvalue weighted by Crippen LogP contribution is -2.47. The van der Waals surface area contributed by atoms with Gasteiger partial charge in [0.2, 0.25) is 5.91 Å². The summed E-state index contributed by atoms with van der Waals surface area (Å²) in [5, 5.41) is 11.4. The molecule has 0 radical (unpaired) electrons. The molecular weight excluding hydrogens is 454 g/mol. The summed E-state index contributed by atoms with van der Waals surface area (Å²) in [6.07, 6.45) is 3.95. The van der Waals surface area contributed by atoms with Crippen molar-refractivity contribution in [2.24, 2.45) is 0 Å². The number of fused-ring (bicyclic) bond motifs is 1. The number of non-ortho nitro benzene ring substituents is 1. The van der Waals surface area contributed by atoms with Gasteiger partial charge in [0, 0.05) is 41.5 Å². The summed E-state index contributed by atoms with van der Waals surface area (Å²) in [5.74, 6) is -0.224. The molecule has 2 amide bonds. The van der Waals surface area contributed by atoms with Crippen molar-refractivity contribution in [3.8, 4) is 0 Å². The molecule has 0 N–H and O–H groups in total. The number of nitrogens with zero attached hydrogens (tertiary/aromatic N) is 3. The van der Waals surface area contributed by atoms with E-state index >= 15 is 0 Å². The standard InChI is InChI=1S/C29H31N3O4/c1-3-4-6-18-28(33)30-21(2)19-27(25-16-9-10-17-26(25)30)31(23-13-7-5-8-14-23)29(34)22-12-11-15-24(20-22)32(35)36/h5,7-17,20-21,27H,3-4,6,18-19H2,1-2H3/t21-,27+/m1/s1. The molecule has 2 atom stereocenters. The molecule has 3 aromatic rings. The maximum absolute atomic E-state index is 13.9. The maximum atomic E-state index is 13.9. The number of hydrogen-bond acceptors (Lipinski definition) is 4. The van der Waals surface area contributed by atoms with Gasteiger partial charge in [-0.05, 0) is 49.6 Å². The van der Waals surface area contributed by atoms with Gasteiger partial charge in [-0.2, -0.15) is 0 Å². The molecular formula is C29H31N3O4. The molecule has 1 aliphatic heterocycles. The summed E-state index contributed by atoms with van der Waals surface area (Å²) in [4.78, 5) is 41.6. The molecule has 0 aliphatic carbocycles. The average molecular weight is 486 g/mol. The molecule has 0 fully saturated rings. The van der Waals surface area contributed by atoms with E-state index in [-0.39, 0.29) is 35.1 Å². The van der Waals surface area contributed by atoms with Crippen LogP contribution in [0.2, 0.25) is 0 Å². The van der Waals surface area contributed by atoms with Gasteiger partial charge >= 0.3 is 0 Å². The van der Waals surface area contributed by atoms with Crippen LogP contribution in [0.25, 0.3) is 0 Å². The molecule has 0 unspecified atom stereocenters. The number of carbonyl (C=O) groups is 2. The van der Waals surface area contributed by atoms with Gasteiger partial charge in [0.15, 0.2) is 0 Å². The van der Waals surface area contributed by atoms with Crippen LogP contribution in [0.1, 0.15) is 67.9 Å². The zero-order valence-corrected chi connectivity index (χ0v) is 20.7. The van der Waals surface area contributed by atoms with Crippen molar-refractivity contribution in [1.82, 2.24) is 0 Å². The minimum Gasteiger partial charge on any atom is -0.309 e. The van der Waals surface area contributed by atoms with Crippen molar-refractivity contribution in [1.29, 1.82) is 0 Å². The van der Waals surface area contributed by atoms with Crippen LogP contribution in [0.5, 0.6) is 0 Å². The highest BCUT2D eigenvalue weighted by Gasteiger charge is 2.38. The Morgan fingerprint density at radius 1 is 1.00 bits per heavy atom. The Balaban J connectivity index is 1.77. The van der Waals surface area contributed by atoms with Gasteiger partial charge in [0.1, 0.15) is 0 Å². The molecule has 7 heteroatoms. The lowest BCUT2D eigenvalue weighted by Gasteiger charge is -2.43. The summed E-state index contributed by atoms with van der Waals surface area (Å²) in [7, 11) is 0. The van der Waals surface area contributed by atoms with Crippen LogP contribution < -0.4 is 9.80 Å². The van der Waals surface area contributed by atoms with Gasteiger partial charge in [0.05, 0.1) is 11.0 Å². The molecule has 7 nitrogen and oxygen atoms in total. The van der Waals surface area contributed by atoms with Gasteiger partial charge in [-0.3, -0.25) is 19.7 Å². The number of carbonyl (C=O) groups excluding carboxylic acids is 2. The maximum Gasteiger partial charge on any atom is 0.270 e. The van der Waals surface area contributed by atoms with Crippen molar-refractivity contribution in [2.45, 2.75) is 58.0 Å². The molecule has 3 aromatic carbocycles. The molecule has 36 heavy (non-hydrogen) atoms. The summed E-state index contributed by atoms with van der Waals surface area (Å²) in [5.41, 5.74) is 2.52. The second kappa shape index (κ2) is 11.2. The fourth-order valence-corrected chi connectivity index (χ4v) is 4.97. The van der Waals surface area contributed by atoms with E-state index in [4.69, 9.17) is 0 Å². The number of para-hydroxylation sites is 2. The zero-order chi connectivity index (χ0) is 25.7. The second-order valence-electron chi connectivity index (χ2n) is 9.20. The van der Waals surface area contributed by atoms with Gasteiger partial charge in [0.25, 0.3) is 11.6 Å². The predicted octanol–water partition coefficient (Wildman–Crippen LogP) is 6.69. The highest BCUT2D eigenvalue weighted by atomic mass is 16.6. The number of rotatable bonds is 8. The van der Waals surface area contributed by atoms with E-state index in [1.165, 1.54) is 18.2 Å². The Morgan fingerprint density at radius 3 is 2.44 bits per heavy atom. The van der Waals surface area contributed by atoms with Crippen LogP contribution in [-0.4, -0.2) is 22.8 Å². The number of nitro benzene ring substituents is 1. The Morgan fingerprint density at radius 2 is 1.72 bits per heavy atom. The molecule has 1 heterocycles. The van der Waals surface area contributed by atoms with Crippen LogP contribution >= 0.6 is 0 Å². The number of nitro groups is 1. The Bertz CT molecular complexity index is 1240. The van der Waals surface area contributed by atoms with E-state index < -0.39 is 4.92 Å². The van der Waals surface area contributed by atoms with Gasteiger partial charge in [-0.25, -0.2) is 0 Å². The molecule has 0 bridgehead atoms. The SMILES string of the molecule is CCCCCC(=O)N1c2ccccc2[C@@H](N(C(=O)c2cccc([N+](=O)[O-])c2)c2ccccc2)C[C@H]1C. The minimum atomic E-state index is -0.496. The highest BCUT2D eigenvalue weighted by molar-refractivity contribution is 6.07. The van der Waals surface area contributed by atoms with E-state index in [2.05, 4.69) is 6.92 Å². The number of anilines is 2. The molecule has 0 saturated heterocycles. The average Bonchev–Trinajstić information content (AvgIpc) is 2.89. The monoisotopic (exact) mass is 485 g/mol. The third kappa shape index (κ3) is 5.15. The summed E-state index contributed by atoms with van der Waals surface area (Å²) < 4.78 is 0. The first-order valence-corrected chi connectivity index (χ1v) is 12.5. The van der Waals surface area contributed by atoms with Crippen molar-refractivity contribution >= 4 is 28.9 Å². The minimum absolute atomic E-state index is 0.0955. The van der Waals surface area contributed by atoms with E-state index in [9.17, 15) is 19.7 Å². The van der Waals surface area contributed by atoms with Crippen molar-refractivity contribution in [2.75, 3.05) is 9.80 Å². The Kier molecular flexibility index (Phi) is 7.78. The van der Waals surface area contributed by atoms with Crippen LogP contribution in [0.15, 0.2) is 78.9 Å². The number of unbranched alkanes of at least 4 members (excludes halogenated alkanes) is 2. The smallest absolute Gasteiger partial charge is 0.270 e. The van der Waals surface area contributed by atoms with E-state index in [0.717, 1.165) is 30.5 Å². The van der Waals surface area contributed by atoms with Crippen LogP contribution in [0, 0.1) is 10.1 Å². The lowest BCUT2D eigenvalue weighted by molar-refractivity contribution is -0.384. The Hall–Kier alpha value is -4.00. The third-order valence-electron chi connectivity index (χ3n) is 6.69. The predicted molar refractivity (Wildman–Crippen MR) is 141 cm³/mol. The van der Waals surface area contributed by atoms with Crippen LogP contribution in [0.3, 0.4) is 0 Å². The summed E-state index contributed by atoms with van der Waals surface area (Å²) in [6.45, 7) is 4.13. The quantitative estimate of drug-likeness (QED) is 0.202. The van der Waals surface area contributed by atoms with Crippen molar-refractivity contribution in [3.63, 3.8) is 0 Å². The van der Waals surface area contributed by atoms with Crippen molar-refractivity contribution in [3.05, 3.63) is 100 Å².